The minimum Gasteiger partial charge on any atom is -0.336 e. The SMILES string of the molecule is Cc1nc(CN2CCN(C(=O)c3ccccc3S(=O)(=O)N3CCCCC3)CC2)cs1. The zero-order valence-electron chi connectivity index (χ0n) is 17.3. The van der Waals surface area contributed by atoms with Crippen LogP contribution in [-0.2, 0) is 16.6 Å². The molecule has 0 bridgehead atoms. The first-order valence-electron chi connectivity index (χ1n) is 10.5. The zero-order valence-corrected chi connectivity index (χ0v) is 18.9. The summed E-state index contributed by atoms with van der Waals surface area (Å²) in [5, 5.41) is 3.14. The maximum Gasteiger partial charge on any atom is 0.255 e. The van der Waals surface area contributed by atoms with Gasteiger partial charge in [-0.25, -0.2) is 13.4 Å². The lowest BCUT2D eigenvalue weighted by Gasteiger charge is -2.35. The van der Waals surface area contributed by atoms with Crippen LogP contribution < -0.4 is 0 Å². The Morgan fingerprint density at radius 3 is 2.40 bits per heavy atom. The second-order valence-electron chi connectivity index (χ2n) is 7.89. The molecule has 2 aromatic rings. The van der Waals surface area contributed by atoms with Crippen molar-refractivity contribution in [3.05, 3.63) is 45.9 Å². The van der Waals surface area contributed by atoms with Crippen LogP contribution in [0.3, 0.4) is 0 Å². The number of piperidine rings is 1. The second-order valence-corrected chi connectivity index (χ2v) is 10.9. The topological polar surface area (TPSA) is 73.8 Å². The minimum absolute atomic E-state index is 0.136. The Balaban J connectivity index is 1.45. The van der Waals surface area contributed by atoms with Crippen molar-refractivity contribution < 1.29 is 13.2 Å². The third-order valence-corrected chi connectivity index (χ3v) is 8.54. The van der Waals surface area contributed by atoms with E-state index in [2.05, 4.69) is 15.3 Å². The van der Waals surface area contributed by atoms with Gasteiger partial charge in [-0.05, 0) is 31.9 Å². The van der Waals surface area contributed by atoms with Gasteiger partial charge in [-0.3, -0.25) is 9.69 Å². The predicted molar refractivity (Wildman–Crippen MR) is 117 cm³/mol. The summed E-state index contributed by atoms with van der Waals surface area (Å²) in [6.07, 6.45) is 2.79. The Kier molecular flexibility index (Phi) is 6.52. The van der Waals surface area contributed by atoms with Gasteiger partial charge in [0.25, 0.3) is 5.91 Å². The molecular weight excluding hydrogens is 420 g/mol. The van der Waals surface area contributed by atoms with Gasteiger partial charge in [0, 0.05) is 51.2 Å². The van der Waals surface area contributed by atoms with Gasteiger partial charge in [0.15, 0.2) is 0 Å². The van der Waals surface area contributed by atoms with Gasteiger partial charge in [-0.15, -0.1) is 11.3 Å². The van der Waals surface area contributed by atoms with Gasteiger partial charge >= 0.3 is 0 Å². The molecule has 3 heterocycles. The number of nitrogens with zero attached hydrogens (tertiary/aromatic N) is 4. The lowest BCUT2D eigenvalue weighted by molar-refractivity contribution is 0.0623. The molecule has 2 aliphatic rings. The van der Waals surface area contributed by atoms with Crippen LogP contribution in [0.15, 0.2) is 34.5 Å². The molecule has 1 aromatic carbocycles. The molecule has 2 fully saturated rings. The van der Waals surface area contributed by atoms with E-state index in [0.29, 0.717) is 26.2 Å². The van der Waals surface area contributed by atoms with Crippen LogP contribution in [0.1, 0.15) is 40.3 Å². The fourth-order valence-electron chi connectivity index (χ4n) is 4.10. The molecule has 0 spiro atoms. The minimum atomic E-state index is -3.66. The van der Waals surface area contributed by atoms with E-state index >= 15 is 0 Å². The maximum atomic E-state index is 13.2. The molecule has 7 nitrogen and oxygen atoms in total. The standard InChI is InChI=1S/C21H28N4O3S2/c1-17-22-18(16-29-17)15-23-11-13-24(14-12-23)21(26)19-7-3-4-8-20(19)30(27,28)25-9-5-2-6-10-25/h3-4,7-8,16H,2,5-6,9-15H2,1H3. The van der Waals surface area contributed by atoms with Crippen molar-refractivity contribution in [2.24, 2.45) is 0 Å². The lowest BCUT2D eigenvalue weighted by Crippen LogP contribution is -2.48. The Bertz CT molecular complexity index is 991. The summed E-state index contributed by atoms with van der Waals surface area (Å²) < 4.78 is 27.9. The summed E-state index contributed by atoms with van der Waals surface area (Å²) in [5.74, 6) is -0.199. The number of hydrogen-bond acceptors (Lipinski definition) is 6. The van der Waals surface area contributed by atoms with Crippen molar-refractivity contribution in [1.29, 1.82) is 0 Å². The van der Waals surface area contributed by atoms with Gasteiger partial charge in [0.2, 0.25) is 10.0 Å². The number of thiazole rings is 1. The van der Waals surface area contributed by atoms with Crippen molar-refractivity contribution in [3.8, 4) is 0 Å². The summed E-state index contributed by atoms with van der Waals surface area (Å²) in [4.78, 5) is 21.9. The molecule has 4 rings (SSSR count). The number of amides is 1. The fraction of sp³-hybridized carbons (Fsp3) is 0.524. The molecule has 0 unspecified atom stereocenters. The summed E-state index contributed by atoms with van der Waals surface area (Å²) in [6.45, 7) is 6.51. The number of aromatic nitrogens is 1. The van der Waals surface area contributed by atoms with E-state index in [4.69, 9.17) is 0 Å². The van der Waals surface area contributed by atoms with Gasteiger partial charge in [-0.2, -0.15) is 4.31 Å². The van der Waals surface area contributed by atoms with E-state index in [1.165, 1.54) is 4.31 Å². The van der Waals surface area contributed by atoms with E-state index in [0.717, 1.165) is 49.6 Å². The molecule has 0 radical (unpaired) electrons. The predicted octanol–water partition coefficient (Wildman–Crippen LogP) is 2.58. The van der Waals surface area contributed by atoms with E-state index < -0.39 is 10.0 Å². The van der Waals surface area contributed by atoms with Crippen LogP contribution in [0.4, 0.5) is 0 Å². The number of benzene rings is 1. The van der Waals surface area contributed by atoms with Gasteiger partial charge < -0.3 is 4.90 Å². The highest BCUT2D eigenvalue weighted by Crippen LogP contribution is 2.25. The van der Waals surface area contributed by atoms with Crippen LogP contribution in [0.25, 0.3) is 0 Å². The number of hydrogen-bond donors (Lipinski definition) is 0. The Labute approximate surface area is 182 Å². The molecule has 2 saturated heterocycles. The first-order valence-corrected chi connectivity index (χ1v) is 12.8. The van der Waals surface area contributed by atoms with E-state index in [-0.39, 0.29) is 16.4 Å². The number of aryl methyl sites for hydroxylation is 1. The highest BCUT2D eigenvalue weighted by molar-refractivity contribution is 7.89. The highest BCUT2D eigenvalue weighted by Gasteiger charge is 2.32. The summed E-state index contributed by atoms with van der Waals surface area (Å²) in [5.41, 5.74) is 1.35. The lowest BCUT2D eigenvalue weighted by atomic mass is 10.1. The van der Waals surface area contributed by atoms with Crippen molar-refractivity contribution in [1.82, 2.24) is 19.1 Å². The van der Waals surface area contributed by atoms with Crippen LogP contribution in [0.2, 0.25) is 0 Å². The Hall–Kier alpha value is -1.81. The number of carbonyl (C=O) groups is 1. The molecule has 2 aliphatic heterocycles. The molecule has 1 aromatic heterocycles. The smallest absolute Gasteiger partial charge is 0.255 e. The second kappa shape index (κ2) is 9.13. The van der Waals surface area contributed by atoms with Crippen LogP contribution >= 0.6 is 11.3 Å². The van der Waals surface area contributed by atoms with Crippen LogP contribution in [0.5, 0.6) is 0 Å². The summed E-state index contributed by atoms with van der Waals surface area (Å²) >= 11 is 1.65. The number of sulfonamides is 1. The third-order valence-electron chi connectivity index (χ3n) is 5.76. The van der Waals surface area contributed by atoms with E-state index in [9.17, 15) is 13.2 Å². The quantitative estimate of drug-likeness (QED) is 0.703. The number of carbonyl (C=O) groups excluding carboxylic acids is 1. The normalized spacial score (nSPS) is 19.2. The molecule has 30 heavy (non-hydrogen) atoms. The molecule has 0 atom stereocenters. The average molecular weight is 449 g/mol. The molecule has 0 N–H and O–H groups in total. The monoisotopic (exact) mass is 448 g/mol. The van der Waals surface area contributed by atoms with E-state index in [1.807, 2.05) is 6.92 Å². The summed E-state index contributed by atoms with van der Waals surface area (Å²) in [6, 6.07) is 6.65. The Morgan fingerprint density at radius 2 is 1.73 bits per heavy atom. The van der Waals surface area contributed by atoms with Crippen molar-refractivity contribution in [3.63, 3.8) is 0 Å². The molecule has 9 heteroatoms. The number of piperazine rings is 1. The maximum absolute atomic E-state index is 13.2. The third kappa shape index (κ3) is 4.59. The average Bonchev–Trinajstić information content (AvgIpc) is 3.19. The highest BCUT2D eigenvalue weighted by atomic mass is 32.2. The van der Waals surface area contributed by atoms with Gasteiger partial charge in [-0.1, -0.05) is 18.6 Å². The van der Waals surface area contributed by atoms with Gasteiger partial charge in [0.05, 0.1) is 21.2 Å². The van der Waals surface area contributed by atoms with Crippen molar-refractivity contribution in [2.45, 2.75) is 37.6 Å². The number of rotatable bonds is 5. The molecular formula is C21H28N4O3S2. The molecule has 162 valence electrons. The van der Waals surface area contributed by atoms with Crippen molar-refractivity contribution >= 4 is 27.3 Å². The zero-order chi connectivity index (χ0) is 21.1. The van der Waals surface area contributed by atoms with Crippen molar-refractivity contribution in [2.75, 3.05) is 39.3 Å². The van der Waals surface area contributed by atoms with Crippen LogP contribution in [0, 0.1) is 6.92 Å². The molecule has 0 aliphatic carbocycles. The first kappa shape index (κ1) is 21.4. The largest absolute Gasteiger partial charge is 0.336 e. The Morgan fingerprint density at radius 1 is 1.03 bits per heavy atom. The first-order chi connectivity index (χ1) is 14.4. The fourth-order valence-corrected chi connectivity index (χ4v) is 6.41. The summed E-state index contributed by atoms with van der Waals surface area (Å²) in [7, 11) is -3.66. The molecule has 0 saturated carbocycles. The van der Waals surface area contributed by atoms with E-state index in [1.54, 1.807) is 40.5 Å². The van der Waals surface area contributed by atoms with Crippen LogP contribution in [-0.4, -0.2) is 72.7 Å². The van der Waals surface area contributed by atoms with Gasteiger partial charge in [0.1, 0.15) is 0 Å². The molecule has 1 amide bonds.